The highest BCUT2D eigenvalue weighted by Gasteiger charge is 2.36. The van der Waals surface area contributed by atoms with Gasteiger partial charge in [0.1, 0.15) is 16.9 Å². The minimum Gasteiger partial charge on any atom is -0.484 e. The molecule has 2 aromatic heterocycles. The molecule has 10 heteroatoms. The number of carbonyl (C=O) groups is 1. The number of halogens is 1. The van der Waals surface area contributed by atoms with Gasteiger partial charge in [0, 0.05) is 43.9 Å². The normalized spacial score (nSPS) is 20.7. The lowest BCUT2D eigenvalue weighted by molar-refractivity contribution is 0.0447. The molecule has 1 atom stereocenters. The van der Waals surface area contributed by atoms with Crippen LogP contribution in [0.25, 0.3) is 5.65 Å². The van der Waals surface area contributed by atoms with E-state index in [1.54, 1.807) is 6.20 Å². The van der Waals surface area contributed by atoms with E-state index in [0.717, 1.165) is 42.9 Å². The quantitative estimate of drug-likeness (QED) is 0.524. The predicted molar refractivity (Wildman–Crippen MR) is 124 cm³/mol. The van der Waals surface area contributed by atoms with Crippen LogP contribution in [0, 0.1) is 5.92 Å². The van der Waals surface area contributed by atoms with E-state index in [0.29, 0.717) is 34.3 Å². The molecule has 0 aliphatic carbocycles. The molecule has 2 aliphatic rings. The standard InChI is InChI=1S/C23H26ClN5O4/c1-23(13-31)8-15-6-18(19(7-20(15)33-23)28-4-2-14(12-30)3-5-28)27-22(32)17-10-26-29-11-16(24)9-25-21(17)29/h6-7,9-11,14,30-31H,2-5,8,12-13H2,1H3,(H,27,32). The number of nitrogens with zero attached hydrogens (tertiary/aromatic N) is 4. The molecule has 3 aromatic rings. The maximum absolute atomic E-state index is 13.2. The number of carbonyl (C=O) groups excluding carboxylic acids is 1. The van der Waals surface area contributed by atoms with E-state index in [1.807, 2.05) is 19.1 Å². The Hall–Kier alpha value is -2.88. The summed E-state index contributed by atoms with van der Waals surface area (Å²) < 4.78 is 7.53. The highest BCUT2D eigenvalue weighted by Crippen LogP contribution is 2.42. The molecular formula is C23H26ClN5O4. The monoisotopic (exact) mass is 471 g/mol. The second-order valence-electron chi connectivity index (χ2n) is 9.03. The first-order chi connectivity index (χ1) is 15.9. The fourth-order valence-corrected chi connectivity index (χ4v) is 4.70. The number of amides is 1. The number of rotatable bonds is 5. The molecule has 5 rings (SSSR count). The van der Waals surface area contributed by atoms with Crippen LogP contribution in [0.3, 0.4) is 0 Å². The molecule has 4 heterocycles. The lowest BCUT2D eigenvalue weighted by atomic mass is 9.96. The third kappa shape index (κ3) is 4.12. The number of nitrogens with one attached hydrogen (secondary N) is 1. The number of fused-ring (bicyclic) bond motifs is 2. The summed E-state index contributed by atoms with van der Waals surface area (Å²) in [7, 11) is 0. The van der Waals surface area contributed by atoms with Crippen molar-refractivity contribution in [3.63, 3.8) is 0 Å². The molecule has 0 radical (unpaired) electrons. The Balaban J connectivity index is 1.49. The second-order valence-corrected chi connectivity index (χ2v) is 9.47. The molecule has 3 N–H and O–H groups in total. The van der Waals surface area contributed by atoms with Crippen LogP contribution in [0.2, 0.25) is 5.02 Å². The number of hydrogen-bond acceptors (Lipinski definition) is 7. The number of piperidine rings is 1. The van der Waals surface area contributed by atoms with Gasteiger partial charge < -0.3 is 25.2 Å². The Kier molecular flexibility index (Phi) is 5.64. The zero-order valence-corrected chi connectivity index (χ0v) is 19.0. The van der Waals surface area contributed by atoms with Crippen molar-refractivity contribution in [3.05, 3.63) is 46.9 Å². The summed E-state index contributed by atoms with van der Waals surface area (Å²) in [6.45, 7) is 3.48. The summed E-state index contributed by atoms with van der Waals surface area (Å²) in [4.78, 5) is 19.7. The zero-order valence-electron chi connectivity index (χ0n) is 18.3. The first kappa shape index (κ1) is 21.9. The van der Waals surface area contributed by atoms with Crippen molar-refractivity contribution in [2.75, 3.05) is 36.5 Å². The van der Waals surface area contributed by atoms with E-state index in [1.165, 1.54) is 16.9 Å². The van der Waals surface area contributed by atoms with Gasteiger partial charge in [0.2, 0.25) is 0 Å². The zero-order chi connectivity index (χ0) is 23.2. The third-order valence-corrected chi connectivity index (χ3v) is 6.66. The van der Waals surface area contributed by atoms with Crippen LogP contribution in [0.1, 0.15) is 35.7 Å². The Morgan fingerprint density at radius 2 is 2.09 bits per heavy atom. The maximum atomic E-state index is 13.2. The minimum atomic E-state index is -0.683. The van der Waals surface area contributed by atoms with Gasteiger partial charge in [-0.05, 0) is 31.7 Å². The van der Waals surface area contributed by atoms with Crippen molar-refractivity contribution >= 4 is 34.5 Å². The number of aromatic nitrogens is 3. The van der Waals surface area contributed by atoms with Gasteiger partial charge in [0.05, 0.1) is 35.4 Å². The topological polar surface area (TPSA) is 112 Å². The molecule has 0 saturated carbocycles. The van der Waals surface area contributed by atoms with E-state index in [4.69, 9.17) is 16.3 Å². The number of hydrogen-bond donors (Lipinski definition) is 3. The molecule has 0 bridgehead atoms. The molecular weight excluding hydrogens is 446 g/mol. The summed E-state index contributed by atoms with van der Waals surface area (Å²) in [6.07, 6.45) is 6.84. The van der Waals surface area contributed by atoms with Crippen LogP contribution in [0.4, 0.5) is 11.4 Å². The first-order valence-corrected chi connectivity index (χ1v) is 11.4. The van der Waals surface area contributed by atoms with Gasteiger partial charge in [-0.1, -0.05) is 11.6 Å². The summed E-state index contributed by atoms with van der Waals surface area (Å²) in [5.41, 5.74) is 2.53. The molecule has 174 valence electrons. The van der Waals surface area contributed by atoms with E-state index < -0.39 is 5.60 Å². The van der Waals surface area contributed by atoms with Crippen LogP contribution in [0.15, 0.2) is 30.7 Å². The van der Waals surface area contributed by atoms with Crippen molar-refractivity contribution in [1.82, 2.24) is 14.6 Å². The van der Waals surface area contributed by atoms with Crippen LogP contribution in [0.5, 0.6) is 5.75 Å². The summed E-state index contributed by atoms with van der Waals surface area (Å²) in [6, 6.07) is 3.87. The van der Waals surface area contributed by atoms with E-state index in [-0.39, 0.29) is 19.1 Å². The van der Waals surface area contributed by atoms with Crippen LogP contribution < -0.4 is 15.0 Å². The van der Waals surface area contributed by atoms with E-state index in [2.05, 4.69) is 20.3 Å². The van der Waals surface area contributed by atoms with Gasteiger partial charge in [-0.15, -0.1) is 0 Å². The molecule has 33 heavy (non-hydrogen) atoms. The Morgan fingerprint density at radius 3 is 2.82 bits per heavy atom. The average Bonchev–Trinajstić information content (AvgIpc) is 3.38. The van der Waals surface area contributed by atoms with Crippen molar-refractivity contribution < 1.29 is 19.7 Å². The number of ether oxygens (including phenoxy) is 1. The number of aliphatic hydroxyl groups is 2. The fourth-order valence-electron chi connectivity index (χ4n) is 4.56. The third-order valence-electron chi connectivity index (χ3n) is 6.47. The molecule has 1 saturated heterocycles. The van der Waals surface area contributed by atoms with Gasteiger partial charge in [-0.3, -0.25) is 4.79 Å². The fraction of sp³-hybridized carbons (Fsp3) is 0.435. The SMILES string of the molecule is CC1(CO)Cc2cc(NC(=O)c3cnn4cc(Cl)cnc34)c(N3CCC(CO)CC3)cc2O1. The number of aliphatic hydroxyl groups excluding tert-OH is 2. The molecule has 1 aromatic carbocycles. The molecule has 2 aliphatic heterocycles. The predicted octanol–water partition coefficient (Wildman–Crippen LogP) is 2.53. The molecule has 0 spiro atoms. The van der Waals surface area contributed by atoms with E-state index in [9.17, 15) is 15.0 Å². The lowest BCUT2D eigenvalue weighted by Crippen LogP contribution is -2.35. The highest BCUT2D eigenvalue weighted by molar-refractivity contribution is 6.30. The van der Waals surface area contributed by atoms with Crippen molar-refractivity contribution in [2.45, 2.75) is 31.8 Å². The van der Waals surface area contributed by atoms with Gasteiger partial charge in [-0.25, -0.2) is 9.50 Å². The second kappa shape index (κ2) is 8.48. The summed E-state index contributed by atoms with van der Waals surface area (Å²) in [5.74, 6) is 0.686. The Labute approximate surface area is 195 Å². The van der Waals surface area contributed by atoms with Crippen LogP contribution >= 0.6 is 11.6 Å². The Bertz CT molecular complexity index is 1210. The van der Waals surface area contributed by atoms with Crippen molar-refractivity contribution in [3.8, 4) is 5.75 Å². The first-order valence-electron chi connectivity index (χ1n) is 11.0. The molecule has 1 amide bonds. The van der Waals surface area contributed by atoms with Gasteiger partial charge >= 0.3 is 0 Å². The molecule has 1 unspecified atom stereocenters. The number of benzene rings is 1. The van der Waals surface area contributed by atoms with Crippen LogP contribution in [-0.4, -0.2) is 62.6 Å². The lowest BCUT2D eigenvalue weighted by Gasteiger charge is -2.34. The largest absolute Gasteiger partial charge is 0.484 e. The van der Waals surface area contributed by atoms with Gasteiger partial charge in [-0.2, -0.15) is 5.10 Å². The summed E-state index contributed by atoms with van der Waals surface area (Å²) >= 11 is 5.98. The maximum Gasteiger partial charge on any atom is 0.261 e. The van der Waals surface area contributed by atoms with Crippen molar-refractivity contribution in [2.24, 2.45) is 5.92 Å². The highest BCUT2D eigenvalue weighted by atomic mass is 35.5. The average molecular weight is 472 g/mol. The van der Waals surface area contributed by atoms with Gasteiger partial charge in [0.15, 0.2) is 5.65 Å². The minimum absolute atomic E-state index is 0.1000. The van der Waals surface area contributed by atoms with E-state index >= 15 is 0 Å². The smallest absolute Gasteiger partial charge is 0.261 e. The Morgan fingerprint density at radius 1 is 1.30 bits per heavy atom. The van der Waals surface area contributed by atoms with Gasteiger partial charge in [0.25, 0.3) is 5.91 Å². The number of anilines is 2. The summed E-state index contributed by atoms with van der Waals surface area (Å²) in [5, 5.41) is 26.9. The van der Waals surface area contributed by atoms with Crippen molar-refractivity contribution in [1.29, 1.82) is 0 Å². The molecule has 1 fully saturated rings. The van der Waals surface area contributed by atoms with Crippen LogP contribution in [-0.2, 0) is 6.42 Å². The molecule has 9 nitrogen and oxygen atoms in total.